The van der Waals surface area contributed by atoms with Crippen molar-refractivity contribution < 1.29 is 37.3 Å². The Hall–Kier alpha value is -2.29. The quantitative estimate of drug-likeness (QED) is 0.800. The molecule has 0 aromatic heterocycles. The van der Waals surface area contributed by atoms with Gasteiger partial charge in [-0.2, -0.15) is 13.2 Å². The normalized spacial score (nSPS) is 11.0. The summed E-state index contributed by atoms with van der Waals surface area (Å²) >= 11 is 0. The number of carbonyl (C=O) groups is 2. The summed E-state index contributed by atoms with van der Waals surface area (Å²) in [5.41, 5.74) is 0.318. The minimum atomic E-state index is -4.48. The number of halogens is 3. The van der Waals surface area contributed by atoms with E-state index >= 15 is 0 Å². The predicted octanol–water partition coefficient (Wildman–Crippen LogP) is 1.67. The van der Waals surface area contributed by atoms with E-state index in [-0.39, 0.29) is 5.75 Å². The summed E-state index contributed by atoms with van der Waals surface area (Å²) in [5, 5.41) is 10.7. The van der Waals surface area contributed by atoms with E-state index in [1.165, 1.54) is 24.3 Å². The zero-order chi connectivity index (χ0) is 15.9. The molecule has 6 nitrogen and oxygen atoms in total. The zero-order valence-electron chi connectivity index (χ0n) is 10.6. The van der Waals surface area contributed by atoms with E-state index in [9.17, 15) is 22.8 Å². The summed E-state index contributed by atoms with van der Waals surface area (Å²) in [5.74, 6) is -1.59. The molecular formula is C12H12F3NO5. The van der Waals surface area contributed by atoms with Gasteiger partial charge in [0.25, 0.3) is 0 Å². The number of hydrogen-bond acceptors (Lipinski definition) is 4. The molecule has 0 fully saturated rings. The lowest BCUT2D eigenvalue weighted by atomic mass is 10.3. The molecule has 0 atom stereocenters. The fourth-order valence-corrected chi connectivity index (χ4v) is 1.24. The maximum Gasteiger partial charge on any atom is 0.411 e. The number of carbonyl (C=O) groups excluding carboxylic acids is 1. The lowest BCUT2D eigenvalue weighted by Crippen LogP contribution is -2.23. The fourth-order valence-electron chi connectivity index (χ4n) is 1.24. The second-order valence-corrected chi connectivity index (χ2v) is 3.86. The molecule has 0 radical (unpaired) electrons. The molecule has 0 unspecified atom stereocenters. The van der Waals surface area contributed by atoms with Crippen LogP contribution < -0.4 is 10.1 Å². The van der Waals surface area contributed by atoms with Crippen molar-refractivity contribution in [2.75, 3.05) is 25.1 Å². The van der Waals surface area contributed by atoms with Crippen LogP contribution in [0.15, 0.2) is 24.3 Å². The molecule has 0 saturated carbocycles. The number of ether oxygens (including phenoxy) is 2. The van der Waals surface area contributed by atoms with Crippen LogP contribution in [0.4, 0.5) is 18.9 Å². The van der Waals surface area contributed by atoms with Gasteiger partial charge in [0, 0.05) is 5.69 Å². The molecule has 0 spiro atoms. The Kier molecular flexibility index (Phi) is 5.97. The molecular weight excluding hydrogens is 295 g/mol. The van der Waals surface area contributed by atoms with Crippen LogP contribution in [-0.4, -0.2) is 43.0 Å². The third-order valence-corrected chi connectivity index (χ3v) is 2.00. The topological polar surface area (TPSA) is 84.9 Å². The van der Waals surface area contributed by atoms with Crippen LogP contribution in [0.2, 0.25) is 0 Å². The largest absolute Gasteiger partial charge is 0.482 e. The molecule has 21 heavy (non-hydrogen) atoms. The number of amides is 1. The number of carboxylic acids is 1. The highest BCUT2D eigenvalue weighted by atomic mass is 19.4. The molecule has 0 heterocycles. The van der Waals surface area contributed by atoms with Crippen LogP contribution in [0.25, 0.3) is 0 Å². The monoisotopic (exact) mass is 307 g/mol. The van der Waals surface area contributed by atoms with E-state index in [1.807, 2.05) is 0 Å². The van der Waals surface area contributed by atoms with Crippen molar-refractivity contribution >= 4 is 17.6 Å². The average Bonchev–Trinajstić information content (AvgIpc) is 2.36. The maximum atomic E-state index is 11.8. The lowest BCUT2D eigenvalue weighted by molar-refractivity contribution is -0.174. The Morgan fingerprint density at radius 3 is 2.29 bits per heavy atom. The molecule has 0 aliphatic carbocycles. The van der Waals surface area contributed by atoms with Gasteiger partial charge in [0.2, 0.25) is 5.91 Å². The van der Waals surface area contributed by atoms with E-state index < -0.39 is 37.9 Å². The number of hydrogen-bond donors (Lipinski definition) is 2. The summed E-state index contributed by atoms with van der Waals surface area (Å²) in [6.07, 6.45) is -4.48. The van der Waals surface area contributed by atoms with E-state index in [4.69, 9.17) is 9.84 Å². The number of nitrogens with one attached hydrogen (secondary N) is 1. The molecule has 116 valence electrons. The van der Waals surface area contributed by atoms with Gasteiger partial charge in [-0.1, -0.05) is 0 Å². The van der Waals surface area contributed by atoms with Crippen molar-refractivity contribution in [3.05, 3.63) is 24.3 Å². The minimum Gasteiger partial charge on any atom is -0.482 e. The van der Waals surface area contributed by atoms with Crippen molar-refractivity contribution in [2.24, 2.45) is 0 Å². The van der Waals surface area contributed by atoms with Gasteiger partial charge in [0.1, 0.15) is 19.0 Å². The van der Waals surface area contributed by atoms with E-state index in [1.54, 1.807) is 0 Å². The first kappa shape index (κ1) is 16.8. The summed E-state index contributed by atoms with van der Waals surface area (Å²) < 4.78 is 44.4. The van der Waals surface area contributed by atoms with E-state index in [0.717, 1.165) is 0 Å². The number of carboxylic acid groups (broad SMARTS) is 1. The SMILES string of the molecule is O=C(O)COc1ccc(NC(=O)COCC(F)(F)F)cc1. The van der Waals surface area contributed by atoms with Crippen LogP contribution >= 0.6 is 0 Å². The Morgan fingerprint density at radius 2 is 1.76 bits per heavy atom. The summed E-state index contributed by atoms with van der Waals surface area (Å²) in [6, 6.07) is 5.65. The Bertz CT molecular complexity index is 487. The van der Waals surface area contributed by atoms with Crippen molar-refractivity contribution in [2.45, 2.75) is 6.18 Å². The lowest BCUT2D eigenvalue weighted by Gasteiger charge is -2.09. The first-order valence-corrected chi connectivity index (χ1v) is 5.65. The van der Waals surface area contributed by atoms with Gasteiger partial charge >= 0.3 is 12.1 Å². The van der Waals surface area contributed by atoms with Crippen LogP contribution in [0.5, 0.6) is 5.75 Å². The summed E-state index contributed by atoms with van der Waals surface area (Å²) in [4.78, 5) is 21.6. The molecule has 0 saturated heterocycles. The molecule has 2 N–H and O–H groups in total. The molecule has 1 rings (SSSR count). The third-order valence-electron chi connectivity index (χ3n) is 2.00. The predicted molar refractivity (Wildman–Crippen MR) is 65.1 cm³/mol. The Morgan fingerprint density at radius 1 is 1.14 bits per heavy atom. The van der Waals surface area contributed by atoms with Gasteiger partial charge in [-0.3, -0.25) is 4.79 Å². The van der Waals surface area contributed by atoms with Gasteiger partial charge in [0.05, 0.1) is 0 Å². The number of benzene rings is 1. The molecule has 0 aliphatic rings. The second kappa shape index (κ2) is 7.48. The smallest absolute Gasteiger partial charge is 0.411 e. The van der Waals surface area contributed by atoms with Crippen molar-refractivity contribution in [3.8, 4) is 5.75 Å². The second-order valence-electron chi connectivity index (χ2n) is 3.86. The van der Waals surface area contributed by atoms with Crippen molar-refractivity contribution in [3.63, 3.8) is 0 Å². The van der Waals surface area contributed by atoms with Crippen molar-refractivity contribution in [1.29, 1.82) is 0 Å². The molecule has 1 amide bonds. The average molecular weight is 307 g/mol. The minimum absolute atomic E-state index is 0.281. The molecule has 1 aromatic carbocycles. The number of anilines is 1. The highest BCUT2D eigenvalue weighted by Crippen LogP contribution is 2.16. The number of aliphatic carboxylic acids is 1. The number of rotatable bonds is 7. The number of alkyl halides is 3. The van der Waals surface area contributed by atoms with Crippen molar-refractivity contribution in [1.82, 2.24) is 0 Å². The van der Waals surface area contributed by atoms with Crippen LogP contribution in [0, 0.1) is 0 Å². The van der Waals surface area contributed by atoms with Gasteiger partial charge < -0.3 is 19.9 Å². The first-order valence-electron chi connectivity index (χ1n) is 5.65. The molecule has 0 bridgehead atoms. The van der Waals surface area contributed by atoms with E-state index in [0.29, 0.717) is 5.69 Å². The fraction of sp³-hybridized carbons (Fsp3) is 0.333. The van der Waals surface area contributed by atoms with Gasteiger partial charge in [-0.25, -0.2) is 4.79 Å². The highest BCUT2D eigenvalue weighted by molar-refractivity contribution is 5.91. The standard InChI is InChI=1S/C12H12F3NO5/c13-12(14,15)7-20-5-10(17)16-8-1-3-9(4-2-8)21-6-11(18)19/h1-4H,5-7H2,(H,16,17)(H,18,19). The first-order chi connectivity index (χ1) is 9.76. The molecule has 9 heteroatoms. The van der Waals surface area contributed by atoms with Crippen LogP contribution in [0.3, 0.4) is 0 Å². The summed E-state index contributed by atoms with van der Waals surface area (Å²) in [6.45, 7) is -2.73. The molecule has 0 aliphatic heterocycles. The molecule has 1 aromatic rings. The van der Waals surface area contributed by atoms with Gasteiger partial charge in [0.15, 0.2) is 6.61 Å². The Balaban J connectivity index is 2.37. The maximum absolute atomic E-state index is 11.8. The van der Waals surface area contributed by atoms with E-state index in [2.05, 4.69) is 10.1 Å². The van der Waals surface area contributed by atoms with Crippen LogP contribution in [0.1, 0.15) is 0 Å². The van der Waals surface area contributed by atoms with Crippen LogP contribution in [-0.2, 0) is 14.3 Å². The third kappa shape index (κ3) is 7.78. The highest BCUT2D eigenvalue weighted by Gasteiger charge is 2.27. The Labute approximate surface area is 117 Å². The van der Waals surface area contributed by atoms with Gasteiger partial charge in [-0.05, 0) is 24.3 Å². The van der Waals surface area contributed by atoms with Gasteiger partial charge in [-0.15, -0.1) is 0 Å². The zero-order valence-corrected chi connectivity index (χ0v) is 10.6. The summed E-state index contributed by atoms with van der Waals surface area (Å²) in [7, 11) is 0.